The lowest BCUT2D eigenvalue weighted by Gasteiger charge is -2.22. The van der Waals surface area contributed by atoms with Gasteiger partial charge in [-0.2, -0.15) is 0 Å². The quantitative estimate of drug-likeness (QED) is 0.113. The number of ether oxygens (including phenoxy) is 1. The van der Waals surface area contributed by atoms with E-state index in [2.05, 4.69) is 37.9 Å². The molecule has 2 amide bonds. The maximum Gasteiger partial charge on any atom is 0.237 e. The Kier molecular flexibility index (Phi) is 11.3. The van der Waals surface area contributed by atoms with Gasteiger partial charge in [-0.15, -0.1) is 21.5 Å². The summed E-state index contributed by atoms with van der Waals surface area (Å²) in [6.45, 7) is 2.09. The number of fused-ring (bicyclic) bond motifs is 1. The van der Waals surface area contributed by atoms with Crippen molar-refractivity contribution in [2.75, 3.05) is 16.4 Å². The van der Waals surface area contributed by atoms with Gasteiger partial charge >= 0.3 is 0 Å². The van der Waals surface area contributed by atoms with E-state index in [4.69, 9.17) is 4.74 Å². The van der Waals surface area contributed by atoms with Gasteiger partial charge < -0.3 is 15.4 Å². The summed E-state index contributed by atoms with van der Waals surface area (Å²) >= 11 is 4.22. The second-order valence-electron chi connectivity index (χ2n) is 12.4. The normalized spacial score (nSPS) is 13.9. The van der Waals surface area contributed by atoms with Crippen molar-refractivity contribution < 1.29 is 14.3 Å². The lowest BCUT2D eigenvalue weighted by Crippen LogP contribution is -2.23. The first-order valence-corrected chi connectivity index (χ1v) is 19.7. The molecule has 1 atom stereocenters. The van der Waals surface area contributed by atoms with Gasteiger partial charge in [0.05, 0.1) is 21.2 Å². The SMILES string of the molecule is C[C@H](Sc1nnc(COc2ccc(C3CCCCC3)cc2)n1-c1ccccc1)C(=O)Nc1ccc2nc(SCC(=O)Nc3ccccc3)sc2c1. The molecule has 0 unspecified atom stereocenters. The van der Waals surface area contributed by atoms with Crippen LogP contribution in [0.1, 0.15) is 56.3 Å². The highest BCUT2D eigenvalue weighted by Gasteiger charge is 2.22. The predicted molar refractivity (Wildman–Crippen MR) is 207 cm³/mol. The topological polar surface area (TPSA) is 111 Å². The Bertz CT molecular complexity index is 2080. The summed E-state index contributed by atoms with van der Waals surface area (Å²) in [6, 6.07) is 33.4. The van der Waals surface area contributed by atoms with Gasteiger partial charge in [0, 0.05) is 17.1 Å². The number of anilines is 2. The highest BCUT2D eigenvalue weighted by atomic mass is 32.2. The molecule has 7 rings (SSSR count). The molecule has 4 aromatic carbocycles. The largest absolute Gasteiger partial charge is 0.486 e. The zero-order valence-electron chi connectivity index (χ0n) is 28.2. The van der Waals surface area contributed by atoms with Crippen molar-refractivity contribution in [3.05, 3.63) is 115 Å². The number of benzene rings is 4. The molecule has 0 saturated heterocycles. The Morgan fingerprint density at radius 3 is 2.39 bits per heavy atom. The highest BCUT2D eigenvalue weighted by molar-refractivity contribution is 8.01. The molecule has 1 aliphatic carbocycles. The summed E-state index contributed by atoms with van der Waals surface area (Å²) in [5, 5.41) is 15.0. The van der Waals surface area contributed by atoms with Gasteiger partial charge in [0.1, 0.15) is 12.4 Å². The summed E-state index contributed by atoms with van der Waals surface area (Å²) in [6.07, 6.45) is 6.48. The first-order valence-electron chi connectivity index (χ1n) is 17.1. The van der Waals surface area contributed by atoms with E-state index in [1.807, 2.05) is 102 Å². The number of hydrogen-bond donors (Lipinski definition) is 2. The first-order chi connectivity index (χ1) is 25.0. The van der Waals surface area contributed by atoms with Crippen LogP contribution in [0, 0.1) is 0 Å². The minimum absolute atomic E-state index is 0.0908. The number of para-hydroxylation sites is 2. The number of amides is 2. The monoisotopic (exact) mass is 734 g/mol. The lowest BCUT2D eigenvalue weighted by molar-refractivity contribution is -0.115. The van der Waals surface area contributed by atoms with Crippen LogP contribution in [0.5, 0.6) is 5.75 Å². The predicted octanol–water partition coefficient (Wildman–Crippen LogP) is 9.35. The van der Waals surface area contributed by atoms with Crippen LogP contribution in [-0.2, 0) is 16.2 Å². The summed E-state index contributed by atoms with van der Waals surface area (Å²) in [4.78, 5) is 30.5. The van der Waals surface area contributed by atoms with Crippen LogP contribution in [0.3, 0.4) is 0 Å². The van der Waals surface area contributed by atoms with Crippen molar-refractivity contribution >= 4 is 68.3 Å². The average Bonchev–Trinajstić information content (AvgIpc) is 3.77. The molecule has 1 fully saturated rings. The van der Waals surface area contributed by atoms with E-state index < -0.39 is 5.25 Å². The number of nitrogens with zero attached hydrogens (tertiary/aromatic N) is 4. The third kappa shape index (κ3) is 8.99. The lowest BCUT2D eigenvalue weighted by atomic mass is 9.84. The van der Waals surface area contributed by atoms with Gasteiger partial charge in [0.2, 0.25) is 11.8 Å². The van der Waals surface area contributed by atoms with Crippen molar-refractivity contribution in [1.82, 2.24) is 19.7 Å². The van der Waals surface area contributed by atoms with Gasteiger partial charge in [0.25, 0.3) is 0 Å². The third-order valence-electron chi connectivity index (χ3n) is 8.71. The Morgan fingerprint density at radius 2 is 1.63 bits per heavy atom. The van der Waals surface area contributed by atoms with E-state index in [1.54, 1.807) is 0 Å². The van der Waals surface area contributed by atoms with Gasteiger partial charge in [-0.3, -0.25) is 14.2 Å². The molecule has 0 aliphatic heterocycles. The zero-order valence-corrected chi connectivity index (χ0v) is 30.6. The molecule has 2 aromatic heterocycles. The van der Waals surface area contributed by atoms with E-state index in [0.717, 1.165) is 31.7 Å². The second-order valence-corrected chi connectivity index (χ2v) is 15.9. The number of rotatable bonds is 13. The molecule has 260 valence electrons. The fraction of sp³-hybridized carbons (Fsp3) is 0.256. The Labute approximate surface area is 309 Å². The fourth-order valence-corrected chi connectivity index (χ4v) is 8.86. The maximum atomic E-state index is 13.4. The van der Waals surface area contributed by atoms with Crippen molar-refractivity contribution in [3.8, 4) is 11.4 Å². The van der Waals surface area contributed by atoms with Crippen LogP contribution in [-0.4, -0.2) is 42.6 Å². The molecule has 0 radical (unpaired) electrons. The molecule has 12 heteroatoms. The fourth-order valence-electron chi connectivity index (χ4n) is 6.07. The molecule has 1 saturated carbocycles. The van der Waals surface area contributed by atoms with Gasteiger partial charge in [-0.25, -0.2) is 4.98 Å². The number of aromatic nitrogens is 4. The van der Waals surface area contributed by atoms with Crippen molar-refractivity contribution in [3.63, 3.8) is 0 Å². The van der Waals surface area contributed by atoms with Crippen molar-refractivity contribution in [2.24, 2.45) is 0 Å². The van der Waals surface area contributed by atoms with Crippen LogP contribution in [0.2, 0.25) is 0 Å². The first kappa shape index (κ1) is 34.8. The van der Waals surface area contributed by atoms with E-state index >= 15 is 0 Å². The smallest absolute Gasteiger partial charge is 0.237 e. The molecule has 0 bridgehead atoms. The number of thioether (sulfide) groups is 2. The van der Waals surface area contributed by atoms with E-state index in [-0.39, 0.29) is 24.2 Å². The van der Waals surface area contributed by atoms with E-state index in [0.29, 0.717) is 22.6 Å². The van der Waals surface area contributed by atoms with Crippen LogP contribution in [0.4, 0.5) is 11.4 Å². The summed E-state index contributed by atoms with van der Waals surface area (Å²) in [7, 11) is 0. The number of carbonyl (C=O) groups excluding carboxylic acids is 2. The second kappa shape index (κ2) is 16.6. The van der Waals surface area contributed by atoms with Crippen LogP contribution in [0.15, 0.2) is 113 Å². The van der Waals surface area contributed by atoms with Crippen LogP contribution in [0.25, 0.3) is 15.9 Å². The minimum atomic E-state index is -0.468. The zero-order chi connectivity index (χ0) is 35.0. The number of carbonyl (C=O) groups is 2. The number of nitrogens with one attached hydrogen (secondary N) is 2. The third-order valence-corrected chi connectivity index (χ3v) is 11.9. The summed E-state index contributed by atoms with van der Waals surface area (Å²) in [5.74, 6) is 2.08. The summed E-state index contributed by atoms with van der Waals surface area (Å²) in [5.41, 5.74) is 4.54. The Morgan fingerprint density at radius 1 is 0.882 bits per heavy atom. The molecular weight excluding hydrogens is 697 g/mol. The summed E-state index contributed by atoms with van der Waals surface area (Å²) < 4.78 is 9.86. The van der Waals surface area contributed by atoms with E-state index in [1.165, 1.54) is 72.5 Å². The molecule has 0 spiro atoms. The van der Waals surface area contributed by atoms with Crippen LogP contribution < -0.4 is 15.4 Å². The van der Waals surface area contributed by atoms with E-state index in [9.17, 15) is 9.59 Å². The average molecular weight is 735 g/mol. The van der Waals surface area contributed by atoms with Gasteiger partial charge in [-0.1, -0.05) is 91.3 Å². The Hall–Kier alpha value is -4.65. The van der Waals surface area contributed by atoms with Gasteiger partial charge in [-0.05, 0) is 85.8 Å². The highest BCUT2D eigenvalue weighted by Crippen LogP contribution is 2.34. The maximum absolute atomic E-state index is 13.4. The van der Waals surface area contributed by atoms with Crippen molar-refractivity contribution in [2.45, 2.75) is 66.3 Å². The molecule has 2 heterocycles. The molecule has 1 aliphatic rings. The molecular formula is C39H38N6O3S3. The van der Waals surface area contributed by atoms with Crippen molar-refractivity contribution in [1.29, 1.82) is 0 Å². The standard InChI is InChI=1S/C39H38N6O3S3/c1-26(37(47)41-30-19-22-33-34(23-30)51-39(42-33)49-25-36(46)40-29-13-7-3-8-14-29)50-38-44-43-35(45(38)31-15-9-4-10-16-31)24-48-32-20-17-28(18-21-32)27-11-5-2-6-12-27/h3-4,7-10,13-23,26-27H,2,5-6,11-12,24-25H2,1H3,(H,40,46)(H,41,47)/t26-/m0/s1. The molecule has 6 aromatic rings. The molecule has 2 N–H and O–H groups in total. The Balaban J connectivity index is 0.977. The number of thiazole rings is 1. The molecule has 51 heavy (non-hydrogen) atoms. The minimum Gasteiger partial charge on any atom is -0.486 e. The molecule has 9 nitrogen and oxygen atoms in total. The van der Waals surface area contributed by atoms with Crippen LogP contribution >= 0.6 is 34.9 Å². The van der Waals surface area contributed by atoms with Gasteiger partial charge in [0.15, 0.2) is 15.3 Å². The number of hydrogen-bond acceptors (Lipinski definition) is 9.